The van der Waals surface area contributed by atoms with Gasteiger partial charge in [0, 0.05) is 44.7 Å². The molecule has 8 heteroatoms. The van der Waals surface area contributed by atoms with Crippen molar-refractivity contribution in [1.82, 2.24) is 14.5 Å². The van der Waals surface area contributed by atoms with Crippen molar-refractivity contribution in [2.45, 2.75) is 63.8 Å². The first-order valence-corrected chi connectivity index (χ1v) is 14.4. The van der Waals surface area contributed by atoms with Crippen molar-refractivity contribution >= 4 is 21.8 Å². The molecule has 2 aliphatic heterocycles. The van der Waals surface area contributed by atoms with E-state index in [2.05, 4.69) is 5.32 Å². The molecule has 1 unspecified atom stereocenters. The molecule has 2 saturated heterocycles. The molecular formula is C28H37N3O4S. The van der Waals surface area contributed by atoms with Crippen LogP contribution in [-0.2, 0) is 21.4 Å². The number of carbonyl (C=O) groups excluding carboxylic acids is 2. The van der Waals surface area contributed by atoms with Crippen molar-refractivity contribution in [3.8, 4) is 0 Å². The summed E-state index contributed by atoms with van der Waals surface area (Å²) in [6.07, 6.45) is 4.27. The van der Waals surface area contributed by atoms with Gasteiger partial charge in [0.05, 0.1) is 0 Å². The van der Waals surface area contributed by atoms with Crippen LogP contribution in [0.1, 0.15) is 72.7 Å². The molecule has 0 spiro atoms. The zero-order valence-electron chi connectivity index (χ0n) is 21.2. The highest BCUT2D eigenvalue weighted by atomic mass is 32.2. The lowest BCUT2D eigenvalue weighted by Gasteiger charge is -2.37. The Labute approximate surface area is 214 Å². The molecule has 4 rings (SSSR count). The minimum Gasteiger partial charge on any atom is -0.356 e. The number of carbonyl (C=O) groups is 2. The van der Waals surface area contributed by atoms with E-state index in [1.807, 2.05) is 66.4 Å². The molecule has 0 aliphatic carbocycles. The molecule has 0 bridgehead atoms. The second-order valence-corrected chi connectivity index (χ2v) is 12.2. The van der Waals surface area contributed by atoms with Crippen LogP contribution >= 0.6 is 0 Å². The fraction of sp³-hybridized carbons (Fsp3) is 0.500. The summed E-state index contributed by atoms with van der Waals surface area (Å²) >= 11 is 0. The number of nitrogens with zero attached hydrogens (tertiary/aromatic N) is 2. The van der Waals surface area contributed by atoms with Crippen LogP contribution in [0.25, 0.3) is 0 Å². The van der Waals surface area contributed by atoms with E-state index in [1.165, 1.54) is 6.92 Å². The molecule has 1 N–H and O–H groups in total. The van der Waals surface area contributed by atoms with Gasteiger partial charge in [-0.15, -0.1) is 0 Å². The van der Waals surface area contributed by atoms with E-state index < -0.39 is 15.3 Å². The lowest BCUT2D eigenvalue weighted by Crippen LogP contribution is -2.44. The third-order valence-corrected chi connectivity index (χ3v) is 9.93. The van der Waals surface area contributed by atoms with Crippen LogP contribution in [0, 0.1) is 5.92 Å². The number of amides is 2. The van der Waals surface area contributed by atoms with Gasteiger partial charge in [-0.05, 0) is 68.2 Å². The molecule has 2 heterocycles. The average Bonchev–Trinajstić information content (AvgIpc) is 2.87. The molecule has 2 amide bonds. The Morgan fingerprint density at radius 2 is 1.61 bits per heavy atom. The summed E-state index contributed by atoms with van der Waals surface area (Å²) < 4.78 is 28.6. The highest BCUT2D eigenvalue weighted by Crippen LogP contribution is 2.38. The van der Waals surface area contributed by atoms with Gasteiger partial charge in [0.25, 0.3) is 5.91 Å². The number of nitrogens with one attached hydrogen (secondary N) is 1. The van der Waals surface area contributed by atoms with Crippen LogP contribution in [-0.4, -0.2) is 55.1 Å². The molecule has 2 atom stereocenters. The SMILES string of the molecule is CC(=O)NCCC1CCN(C(=O)c2ccc(CN3[C@@H](C)CCC(c4ccccc4)S3(=O)=O)cc2)CC1. The first-order valence-electron chi connectivity index (χ1n) is 12.9. The summed E-state index contributed by atoms with van der Waals surface area (Å²) in [4.78, 5) is 26.0. The van der Waals surface area contributed by atoms with Crippen molar-refractivity contribution in [3.05, 3.63) is 71.3 Å². The van der Waals surface area contributed by atoms with Gasteiger partial charge >= 0.3 is 0 Å². The van der Waals surface area contributed by atoms with Gasteiger partial charge < -0.3 is 10.2 Å². The number of rotatable bonds is 7. The predicted molar refractivity (Wildman–Crippen MR) is 141 cm³/mol. The fourth-order valence-electron chi connectivity index (χ4n) is 5.34. The fourth-order valence-corrected chi connectivity index (χ4v) is 7.54. The summed E-state index contributed by atoms with van der Waals surface area (Å²) in [7, 11) is -3.49. The largest absolute Gasteiger partial charge is 0.356 e. The van der Waals surface area contributed by atoms with Gasteiger partial charge in [0.15, 0.2) is 0 Å². The normalized spacial score (nSPS) is 22.8. The predicted octanol–water partition coefficient (Wildman–Crippen LogP) is 4.12. The van der Waals surface area contributed by atoms with Crippen LogP contribution in [0.3, 0.4) is 0 Å². The molecule has 2 aliphatic rings. The Kier molecular flexibility index (Phi) is 8.46. The molecule has 2 fully saturated rings. The number of hydrogen-bond acceptors (Lipinski definition) is 4. The van der Waals surface area contributed by atoms with Crippen LogP contribution in [0.2, 0.25) is 0 Å². The van der Waals surface area contributed by atoms with Crippen molar-refractivity contribution in [3.63, 3.8) is 0 Å². The molecular weight excluding hydrogens is 474 g/mol. The van der Waals surface area contributed by atoms with E-state index in [-0.39, 0.29) is 17.9 Å². The number of likely N-dealkylation sites (tertiary alicyclic amines) is 1. The van der Waals surface area contributed by atoms with Gasteiger partial charge in [0.1, 0.15) is 5.25 Å². The molecule has 194 valence electrons. The molecule has 2 aromatic carbocycles. The molecule has 0 saturated carbocycles. The summed E-state index contributed by atoms with van der Waals surface area (Å²) in [5.74, 6) is 0.538. The summed E-state index contributed by atoms with van der Waals surface area (Å²) in [6.45, 7) is 5.93. The van der Waals surface area contributed by atoms with E-state index in [0.29, 0.717) is 31.0 Å². The lowest BCUT2D eigenvalue weighted by molar-refractivity contribution is -0.119. The topological polar surface area (TPSA) is 86.8 Å². The Bertz CT molecular complexity index is 1140. The van der Waals surface area contributed by atoms with Gasteiger partial charge in [-0.25, -0.2) is 8.42 Å². The second-order valence-electron chi connectivity index (χ2n) is 10.1. The highest BCUT2D eigenvalue weighted by molar-refractivity contribution is 7.89. The lowest BCUT2D eigenvalue weighted by atomic mass is 9.93. The summed E-state index contributed by atoms with van der Waals surface area (Å²) in [6, 6.07) is 16.8. The number of hydrogen-bond donors (Lipinski definition) is 1. The molecule has 2 aromatic rings. The Hall–Kier alpha value is -2.71. The van der Waals surface area contributed by atoms with Crippen molar-refractivity contribution in [2.24, 2.45) is 5.92 Å². The van der Waals surface area contributed by atoms with Crippen LogP contribution < -0.4 is 5.32 Å². The third-order valence-electron chi connectivity index (χ3n) is 7.56. The zero-order chi connectivity index (χ0) is 25.7. The quantitative estimate of drug-likeness (QED) is 0.606. The molecule has 0 radical (unpaired) electrons. The highest BCUT2D eigenvalue weighted by Gasteiger charge is 2.40. The second kappa shape index (κ2) is 11.6. The standard InChI is InChI=1S/C28H37N3O4S/c1-21-8-13-27(25-6-4-3-5-7-25)36(34,35)31(21)20-24-9-11-26(12-10-24)28(33)30-18-15-23(16-19-30)14-17-29-22(2)32/h3-7,9-12,21,23,27H,8,13-20H2,1-2H3,(H,29,32)/t21-,27?/m0/s1. The summed E-state index contributed by atoms with van der Waals surface area (Å²) in [5, 5.41) is 2.33. The monoisotopic (exact) mass is 511 g/mol. The summed E-state index contributed by atoms with van der Waals surface area (Å²) in [5.41, 5.74) is 2.36. The first-order chi connectivity index (χ1) is 17.3. The maximum Gasteiger partial charge on any atom is 0.253 e. The third kappa shape index (κ3) is 6.16. The van der Waals surface area contributed by atoms with Crippen molar-refractivity contribution in [1.29, 1.82) is 0 Å². The van der Waals surface area contributed by atoms with Crippen LogP contribution in [0.15, 0.2) is 54.6 Å². The molecule has 36 heavy (non-hydrogen) atoms. The average molecular weight is 512 g/mol. The van der Waals surface area contributed by atoms with E-state index in [0.717, 1.165) is 49.9 Å². The zero-order valence-corrected chi connectivity index (χ0v) is 22.0. The number of piperidine rings is 1. The molecule has 7 nitrogen and oxygen atoms in total. The van der Waals surface area contributed by atoms with Gasteiger partial charge in [-0.1, -0.05) is 42.5 Å². The minimum atomic E-state index is -3.49. The van der Waals surface area contributed by atoms with E-state index >= 15 is 0 Å². The molecule has 0 aromatic heterocycles. The number of benzene rings is 2. The Morgan fingerprint density at radius 3 is 2.25 bits per heavy atom. The van der Waals surface area contributed by atoms with E-state index in [1.54, 1.807) is 4.31 Å². The Balaban J connectivity index is 1.36. The smallest absolute Gasteiger partial charge is 0.253 e. The van der Waals surface area contributed by atoms with Gasteiger partial charge in [0.2, 0.25) is 15.9 Å². The number of sulfonamides is 1. The first kappa shape index (κ1) is 26.4. The van der Waals surface area contributed by atoms with Crippen molar-refractivity contribution in [2.75, 3.05) is 19.6 Å². The minimum absolute atomic E-state index is 0.00517. The van der Waals surface area contributed by atoms with E-state index in [9.17, 15) is 18.0 Å². The van der Waals surface area contributed by atoms with Crippen LogP contribution in [0.4, 0.5) is 0 Å². The Morgan fingerprint density at radius 1 is 0.944 bits per heavy atom. The van der Waals surface area contributed by atoms with Gasteiger partial charge in [-0.2, -0.15) is 4.31 Å². The van der Waals surface area contributed by atoms with Gasteiger partial charge in [-0.3, -0.25) is 9.59 Å². The van der Waals surface area contributed by atoms with Crippen LogP contribution in [0.5, 0.6) is 0 Å². The van der Waals surface area contributed by atoms with E-state index in [4.69, 9.17) is 0 Å². The van der Waals surface area contributed by atoms with Crippen molar-refractivity contribution < 1.29 is 18.0 Å². The maximum atomic E-state index is 13.5. The maximum absolute atomic E-state index is 13.5.